The van der Waals surface area contributed by atoms with Gasteiger partial charge in [0, 0.05) is 25.2 Å². The molecule has 0 aliphatic carbocycles. The van der Waals surface area contributed by atoms with Gasteiger partial charge in [-0.15, -0.1) is 0 Å². The lowest BCUT2D eigenvalue weighted by Gasteiger charge is -2.22. The topological polar surface area (TPSA) is 44.8 Å². The van der Waals surface area contributed by atoms with Crippen LogP contribution in [0.3, 0.4) is 0 Å². The molecule has 0 unspecified atom stereocenters. The Labute approximate surface area is 145 Å². The first-order valence-electron chi connectivity index (χ1n) is 9.07. The quantitative estimate of drug-likeness (QED) is 0.922. The zero-order valence-electron chi connectivity index (χ0n) is 14.8. The van der Waals surface area contributed by atoms with Crippen molar-refractivity contribution in [2.45, 2.75) is 26.8 Å². The van der Waals surface area contributed by atoms with Crippen LogP contribution in [0.1, 0.15) is 25.8 Å². The van der Waals surface area contributed by atoms with Crippen LogP contribution in [0.4, 0.5) is 4.79 Å². The molecule has 2 heterocycles. The number of ether oxygens (including phenoxy) is 1. The number of rotatable bonds is 4. The van der Waals surface area contributed by atoms with Crippen molar-refractivity contribution in [3.05, 3.63) is 29.8 Å². The fourth-order valence-corrected chi connectivity index (χ4v) is 3.60. The van der Waals surface area contributed by atoms with E-state index in [2.05, 4.69) is 24.1 Å². The number of carbonyl (C=O) groups excluding carboxylic acids is 1. The van der Waals surface area contributed by atoms with Gasteiger partial charge in [-0.3, -0.25) is 0 Å². The van der Waals surface area contributed by atoms with Gasteiger partial charge in [0.1, 0.15) is 12.4 Å². The summed E-state index contributed by atoms with van der Waals surface area (Å²) in [5.74, 6) is 2.17. The summed E-state index contributed by atoms with van der Waals surface area (Å²) in [5, 5.41) is 3.13. The summed E-state index contributed by atoms with van der Waals surface area (Å²) in [5.41, 5.74) is 1.08. The molecular weight excluding hydrogens is 302 g/mol. The molecule has 1 saturated heterocycles. The largest absolute Gasteiger partial charge is 0.491 e. The van der Waals surface area contributed by atoms with Crippen molar-refractivity contribution >= 4 is 6.03 Å². The van der Waals surface area contributed by atoms with Crippen LogP contribution in [0.25, 0.3) is 0 Å². The van der Waals surface area contributed by atoms with Gasteiger partial charge >= 0.3 is 6.03 Å². The molecule has 24 heavy (non-hydrogen) atoms. The second-order valence-electron chi connectivity index (χ2n) is 7.37. The lowest BCUT2D eigenvalue weighted by atomic mass is 10.1. The van der Waals surface area contributed by atoms with Crippen LogP contribution >= 0.6 is 0 Å². The Morgan fingerprint density at radius 1 is 1.33 bits per heavy atom. The number of amides is 2. The van der Waals surface area contributed by atoms with Gasteiger partial charge in [0.2, 0.25) is 0 Å². The Morgan fingerprint density at radius 2 is 2.17 bits per heavy atom. The van der Waals surface area contributed by atoms with E-state index in [4.69, 9.17) is 4.74 Å². The third-order valence-electron chi connectivity index (χ3n) is 4.78. The maximum Gasteiger partial charge on any atom is 0.317 e. The minimum absolute atomic E-state index is 0.0256. The number of nitrogens with one attached hydrogen (secondary N) is 1. The average Bonchev–Trinajstić information content (AvgIpc) is 2.88. The van der Waals surface area contributed by atoms with E-state index in [1.54, 1.807) is 0 Å². The minimum Gasteiger partial charge on any atom is -0.491 e. The normalized spacial score (nSPS) is 21.3. The minimum atomic E-state index is 0.0256. The monoisotopic (exact) mass is 331 g/mol. The molecule has 1 aromatic rings. The number of carbonyl (C=O) groups is 1. The summed E-state index contributed by atoms with van der Waals surface area (Å²) < 4.78 is 5.73. The maximum atomic E-state index is 12.5. The molecule has 0 radical (unpaired) electrons. The molecule has 5 heteroatoms. The van der Waals surface area contributed by atoms with Crippen molar-refractivity contribution in [2.24, 2.45) is 11.8 Å². The van der Waals surface area contributed by atoms with Gasteiger partial charge in [-0.1, -0.05) is 32.0 Å². The highest BCUT2D eigenvalue weighted by atomic mass is 16.5. The van der Waals surface area contributed by atoms with E-state index in [9.17, 15) is 4.79 Å². The number of fused-ring (bicyclic) bond motifs is 1. The van der Waals surface area contributed by atoms with Crippen molar-refractivity contribution in [2.75, 3.05) is 39.3 Å². The average molecular weight is 331 g/mol. The summed E-state index contributed by atoms with van der Waals surface area (Å²) in [6.07, 6.45) is 1.18. The highest BCUT2D eigenvalue weighted by molar-refractivity contribution is 5.74. The molecule has 5 nitrogen and oxygen atoms in total. The molecule has 2 aliphatic heterocycles. The van der Waals surface area contributed by atoms with Crippen molar-refractivity contribution < 1.29 is 9.53 Å². The predicted molar refractivity (Wildman–Crippen MR) is 95.1 cm³/mol. The van der Waals surface area contributed by atoms with E-state index in [1.165, 1.54) is 6.42 Å². The van der Waals surface area contributed by atoms with Gasteiger partial charge in [-0.05, 0) is 30.9 Å². The van der Waals surface area contributed by atoms with E-state index in [0.29, 0.717) is 31.5 Å². The Hall–Kier alpha value is -1.75. The van der Waals surface area contributed by atoms with Gasteiger partial charge in [-0.2, -0.15) is 0 Å². The van der Waals surface area contributed by atoms with Crippen molar-refractivity contribution in [3.63, 3.8) is 0 Å². The Morgan fingerprint density at radius 3 is 3.00 bits per heavy atom. The predicted octanol–water partition coefficient (Wildman–Crippen LogP) is 2.57. The van der Waals surface area contributed by atoms with Gasteiger partial charge in [-0.25, -0.2) is 4.79 Å². The van der Waals surface area contributed by atoms with Crippen LogP contribution in [-0.4, -0.2) is 55.2 Å². The van der Waals surface area contributed by atoms with Crippen molar-refractivity contribution in [3.8, 4) is 5.75 Å². The van der Waals surface area contributed by atoms with Crippen molar-refractivity contribution in [1.82, 2.24) is 15.1 Å². The molecular formula is C19H29N3O2. The molecule has 2 amide bonds. The van der Waals surface area contributed by atoms with Gasteiger partial charge in [0.25, 0.3) is 0 Å². The number of likely N-dealkylation sites (tertiary alicyclic amines) is 1. The number of hydrogen-bond donors (Lipinski definition) is 1. The van der Waals surface area contributed by atoms with Crippen LogP contribution in [0.2, 0.25) is 0 Å². The smallest absolute Gasteiger partial charge is 0.317 e. The number of hydrogen-bond acceptors (Lipinski definition) is 3. The third kappa shape index (κ3) is 4.41. The van der Waals surface area contributed by atoms with E-state index in [-0.39, 0.29) is 6.03 Å². The standard InChI is InChI=1S/C19H29N3O2/c1-15(2)12-21-8-7-16(13-21)11-20-19(23)22-9-10-24-18-6-4-3-5-17(18)14-22/h3-6,15-16H,7-14H2,1-2H3,(H,20,23)/t16-/m0/s1. The molecule has 132 valence electrons. The second-order valence-corrected chi connectivity index (χ2v) is 7.37. The van der Waals surface area contributed by atoms with E-state index in [1.807, 2.05) is 29.2 Å². The van der Waals surface area contributed by atoms with E-state index >= 15 is 0 Å². The molecule has 1 atom stereocenters. The van der Waals surface area contributed by atoms with Crippen LogP contribution in [0, 0.1) is 11.8 Å². The molecule has 0 aromatic heterocycles. The Bertz CT molecular complexity index is 561. The fourth-order valence-electron chi connectivity index (χ4n) is 3.60. The molecule has 0 saturated carbocycles. The number of nitrogens with zero attached hydrogens (tertiary/aromatic N) is 2. The molecule has 1 N–H and O–H groups in total. The molecule has 3 rings (SSSR count). The van der Waals surface area contributed by atoms with Crippen molar-refractivity contribution in [1.29, 1.82) is 0 Å². The summed E-state index contributed by atoms with van der Waals surface area (Å²) in [7, 11) is 0. The first-order valence-corrected chi connectivity index (χ1v) is 9.07. The van der Waals surface area contributed by atoms with Gasteiger partial charge in [0.05, 0.1) is 13.1 Å². The third-order valence-corrected chi connectivity index (χ3v) is 4.78. The lowest BCUT2D eigenvalue weighted by molar-refractivity contribution is 0.185. The highest BCUT2D eigenvalue weighted by Crippen LogP contribution is 2.22. The first-order chi connectivity index (χ1) is 11.6. The summed E-state index contributed by atoms with van der Waals surface area (Å²) in [6, 6.07) is 7.99. The molecule has 2 aliphatic rings. The Kier molecular flexibility index (Phi) is 5.61. The SMILES string of the molecule is CC(C)CN1CC[C@@H](CNC(=O)N2CCOc3ccccc3C2)C1. The van der Waals surface area contributed by atoms with Crippen LogP contribution in [0.5, 0.6) is 5.75 Å². The summed E-state index contributed by atoms with van der Waals surface area (Å²) in [4.78, 5) is 16.9. The molecule has 0 bridgehead atoms. The maximum absolute atomic E-state index is 12.5. The number of urea groups is 1. The molecule has 1 fully saturated rings. The summed E-state index contributed by atoms with van der Waals surface area (Å²) >= 11 is 0. The first kappa shape index (κ1) is 17.1. The molecule has 0 spiro atoms. The van der Waals surface area contributed by atoms with Gasteiger partial charge < -0.3 is 19.9 Å². The Balaban J connectivity index is 1.47. The van der Waals surface area contributed by atoms with Crippen LogP contribution in [0.15, 0.2) is 24.3 Å². The molecule has 1 aromatic carbocycles. The second kappa shape index (κ2) is 7.88. The summed E-state index contributed by atoms with van der Waals surface area (Å²) in [6.45, 7) is 10.5. The number of benzene rings is 1. The highest BCUT2D eigenvalue weighted by Gasteiger charge is 2.25. The van der Waals surface area contributed by atoms with Crippen LogP contribution < -0.4 is 10.1 Å². The zero-order chi connectivity index (χ0) is 16.9. The number of para-hydroxylation sites is 1. The van der Waals surface area contributed by atoms with Crippen LogP contribution in [-0.2, 0) is 6.54 Å². The zero-order valence-corrected chi connectivity index (χ0v) is 14.8. The lowest BCUT2D eigenvalue weighted by Crippen LogP contribution is -2.42. The van der Waals surface area contributed by atoms with E-state index in [0.717, 1.165) is 37.5 Å². The fraction of sp³-hybridized carbons (Fsp3) is 0.632. The van der Waals surface area contributed by atoms with E-state index < -0.39 is 0 Å². The van der Waals surface area contributed by atoms with Gasteiger partial charge in [0.15, 0.2) is 0 Å².